The number of benzene rings is 1. The number of anilines is 1. The Morgan fingerprint density at radius 1 is 1.44 bits per heavy atom. The molecule has 0 radical (unpaired) electrons. The zero-order valence-corrected chi connectivity index (χ0v) is 10.6. The van der Waals surface area contributed by atoms with Crippen LogP contribution in [0.4, 0.5) is 5.69 Å². The van der Waals surface area contributed by atoms with E-state index >= 15 is 0 Å². The van der Waals surface area contributed by atoms with Gasteiger partial charge in [0.25, 0.3) is 0 Å². The number of oxime groups is 1. The third-order valence-corrected chi connectivity index (χ3v) is 4.15. The van der Waals surface area contributed by atoms with E-state index in [0.717, 1.165) is 24.3 Å². The maximum Gasteiger partial charge on any atom is 0.237 e. The molecule has 1 amide bonds. The molecule has 1 saturated heterocycles. The molecule has 4 N–H and O–H groups in total. The number of nitrogens with zero attached hydrogens (tertiary/aromatic N) is 1. The van der Waals surface area contributed by atoms with Gasteiger partial charge in [0, 0.05) is 11.3 Å². The smallest absolute Gasteiger partial charge is 0.237 e. The molecule has 1 heterocycles. The van der Waals surface area contributed by atoms with Gasteiger partial charge in [-0.05, 0) is 42.9 Å². The summed E-state index contributed by atoms with van der Waals surface area (Å²) in [5.41, 5.74) is 6.79. The molecular formula is C12H15N3O2S. The molecule has 2 rings (SSSR count). The van der Waals surface area contributed by atoms with Gasteiger partial charge in [-0.3, -0.25) is 4.79 Å². The molecule has 1 aliphatic rings. The number of amides is 1. The average Bonchev–Trinajstić information content (AvgIpc) is 2.92. The molecule has 1 aromatic carbocycles. The van der Waals surface area contributed by atoms with Crippen LogP contribution in [0, 0.1) is 0 Å². The normalized spacial score (nSPS) is 19.8. The lowest BCUT2D eigenvalue weighted by Crippen LogP contribution is -2.23. The van der Waals surface area contributed by atoms with Crippen LogP contribution in [0.25, 0.3) is 0 Å². The van der Waals surface area contributed by atoms with Crippen molar-refractivity contribution in [2.45, 2.75) is 18.1 Å². The molecule has 0 saturated carbocycles. The minimum atomic E-state index is 0.0500. The van der Waals surface area contributed by atoms with E-state index in [-0.39, 0.29) is 17.0 Å². The molecule has 0 aliphatic carbocycles. The first-order chi connectivity index (χ1) is 8.70. The number of carbonyl (C=O) groups is 1. The van der Waals surface area contributed by atoms with Gasteiger partial charge in [-0.2, -0.15) is 0 Å². The van der Waals surface area contributed by atoms with Crippen LogP contribution in [0.3, 0.4) is 0 Å². The molecule has 1 aliphatic heterocycles. The van der Waals surface area contributed by atoms with Crippen molar-refractivity contribution in [2.24, 2.45) is 10.9 Å². The van der Waals surface area contributed by atoms with Gasteiger partial charge in [0.15, 0.2) is 5.84 Å². The first kappa shape index (κ1) is 12.8. The van der Waals surface area contributed by atoms with Crippen molar-refractivity contribution in [3.05, 3.63) is 29.8 Å². The summed E-state index contributed by atoms with van der Waals surface area (Å²) in [5.74, 6) is 1.16. The highest BCUT2D eigenvalue weighted by Gasteiger charge is 2.23. The largest absolute Gasteiger partial charge is 0.409 e. The van der Waals surface area contributed by atoms with Crippen molar-refractivity contribution in [3.63, 3.8) is 0 Å². The standard InChI is InChI=1S/C12H15N3O2S/c13-11(15-17)8-3-5-9(6-4-8)14-12(16)10-2-1-7-18-10/h3-6,10,17H,1-2,7H2,(H2,13,15)(H,14,16). The number of amidine groups is 1. The Balaban J connectivity index is 1.99. The maximum absolute atomic E-state index is 11.9. The van der Waals surface area contributed by atoms with Gasteiger partial charge >= 0.3 is 0 Å². The summed E-state index contributed by atoms with van der Waals surface area (Å²) in [6.45, 7) is 0. The van der Waals surface area contributed by atoms with Gasteiger partial charge in [0.1, 0.15) is 0 Å². The van der Waals surface area contributed by atoms with Crippen molar-refractivity contribution in [3.8, 4) is 0 Å². The van der Waals surface area contributed by atoms with Crippen LogP contribution in [0.15, 0.2) is 29.4 Å². The van der Waals surface area contributed by atoms with E-state index in [0.29, 0.717) is 5.56 Å². The summed E-state index contributed by atoms with van der Waals surface area (Å²) in [4.78, 5) is 11.9. The van der Waals surface area contributed by atoms with Crippen LogP contribution >= 0.6 is 11.8 Å². The van der Waals surface area contributed by atoms with Crippen molar-refractivity contribution >= 4 is 29.2 Å². The van der Waals surface area contributed by atoms with E-state index in [9.17, 15) is 4.79 Å². The van der Waals surface area contributed by atoms with Crippen molar-refractivity contribution in [2.75, 3.05) is 11.1 Å². The van der Waals surface area contributed by atoms with Crippen molar-refractivity contribution in [1.82, 2.24) is 0 Å². The van der Waals surface area contributed by atoms with Gasteiger partial charge < -0.3 is 16.3 Å². The molecule has 0 aromatic heterocycles. The van der Waals surface area contributed by atoms with Gasteiger partial charge in [0.05, 0.1) is 5.25 Å². The highest BCUT2D eigenvalue weighted by molar-refractivity contribution is 8.00. The maximum atomic E-state index is 11.9. The second-order valence-corrected chi connectivity index (χ2v) is 5.36. The number of nitrogens with one attached hydrogen (secondary N) is 1. The lowest BCUT2D eigenvalue weighted by atomic mass is 10.2. The molecule has 1 atom stereocenters. The van der Waals surface area contributed by atoms with Crippen molar-refractivity contribution < 1.29 is 10.0 Å². The lowest BCUT2D eigenvalue weighted by molar-refractivity contribution is -0.115. The second-order valence-electron chi connectivity index (χ2n) is 4.05. The Labute approximate surface area is 109 Å². The third-order valence-electron chi connectivity index (χ3n) is 2.78. The van der Waals surface area contributed by atoms with Gasteiger partial charge in [-0.25, -0.2) is 0 Å². The Hall–Kier alpha value is -1.69. The summed E-state index contributed by atoms with van der Waals surface area (Å²) in [6, 6.07) is 6.88. The predicted molar refractivity (Wildman–Crippen MR) is 73.1 cm³/mol. The Kier molecular flexibility index (Phi) is 4.09. The zero-order valence-electron chi connectivity index (χ0n) is 9.80. The molecule has 0 spiro atoms. The van der Waals surface area contributed by atoms with E-state index in [1.807, 2.05) is 0 Å². The molecule has 6 heteroatoms. The molecule has 1 fully saturated rings. The summed E-state index contributed by atoms with van der Waals surface area (Å²) >= 11 is 1.70. The van der Waals surface area contributed by atoms with Gasteiger partial charge in [-0.1, -0.05) is 5.16 Å². The van der Waals surface area contributed by atoms with E-state index in [1.165, 1.54) is 0 Å². The lowest BCUT2D eigenvalue weighted by Gasteiger charge is -2.10. The third kappa shape index (κ3) is 2.95. The fourth-order valence-corrected chi connectivity index (χ4v) is 2.95. The average molecular weight is 265 g/mol. The Morgan fingerprint density at radius 3 is 2.72 bits per heavy atom. The summed E-state index contributed by atoms with van der Waals surface area (Å²) in [6.07, 6.45) is 2.05. The first-order valence-corrected chi connectivity index (χ1v) is 6.76. The molecule has 96 valence electrons. The zero-order chi connectivity index (χ0) is 13.0. The number of carbonyl (C=O) groups excluding carboxylic acids is 1. The fourth-order valence-electron chi connectivity index (χ4n) is 1.79. The SMILES string of the molecule is NC(=NO)c1ccc(NC(=O)C2CCCS2)cc1. The molecule has 0 bridgehead atoms. The van der Waals surface area contributed by atoms with Crippen LogP contribution in [0.1, 0.15) is 18.4 Å². The highest BCUT2D eigenvalue weighted by Crippen LogP contribution is 2.27. The van der Waals surface area contributed by atoms with Gasteiger partial charge in [-0.15, -0.1) is 11.8 Å². The number of nitrogens with two attached hydrogens (primary N) is 1. The topological polar surface area (TPSA) is 87.7 Å². The van der Waals surface area contributed by atoms with E-state index < -0.39 is 0 Å². The number of hydrogen-bond acceptors (Lipinski definition) is 4. The Morgan fingerprint density at radius 2 is 2.17 bits per heavy atom. The Bertz CT molecular complexity index is 453. The predicted octanol–water partition coefficient (Wildman–Crippen LogP) is 1.62. The molecule has 5 nitrogen and oxygen atoms in total. The quantitative estimate of drug-likeness (QED) is 0.335. The van der Waals surface area contributed by atoms with Crippen molar-refractivity contribution in [1.29, 1.82) is 0 Å². The minimum absolute atomic E-state index is 0.0500. The van der Waals surface area contributed by atoms with Crippen LogP contribution in [0.2, 0.25) is 0 Å². The number of thioether (sulfide) groups is 1. The van der Waals surface area contributed by atoms with Crippen LogP contribution in [-0.4, -0.2) is 28.0 Å². The highest BCUT2D eigenvalue weighted by atomic mass is 32.2. The summed E-state index contributed by atoms with van der Waals surface area (Å²) in [5, 5.41) is 14.4. The van der Waals surface area contributed by atoms with Gasteiger partial charge in [0.2, 0.25) is 5.91 Å². The first-order valence-electron chi connectivity index (χ1n) is 5.71. The van der Waals surface area contributed by atoms with Crippen LogP contribution < -0.4 is 11.1 Å². The van der Waals surface area contributed by atoms with E-state index in [4.69, 9.17) is 10.9 Å². The molecular weight excluding hydrogens is 250 g/mol. The minimum Gasteiger partial charge on any atom is -0.409 e. The van der Waals surface area contributed by atoms with E-state index in [1.54, 1.807) is 36.0 Å². The molecule has 1 aromatic rings. The monoisotopic (exact) mass is 265 g/mol. The molecule has 18 heavy (non-hydrogen) atoms. The fraction of sp³-hybridized carbons (Fsp3) is 0.333. The molecule has 1 unspecified atom stereocenters. The summed E-state index contributed by atoms with van der Waals surface area (Å²) in [7, 11) is 0. The number of hydrogen-bond donors (Lipinski definition) is 3. The second kappa shape index (κ2) is 5.77. The number of rotatable bonds is 3. The van der Waals surface area contributed by atoms with Crippen LogP contribution in [0.5, 0.6) is 0 Å². The van der Waals surface area contributed by atoms with E-state index in [2.05, 4.69) is 10.5 Å². The van der Waals surface area contributed by atoms with Crippen LogP contribution in [-0.2, 0) is 4.79 Å². The summed E-state index contributed by atoms with van der Waals surface area (Å²) < 4.78 is 0.